The molecule has 22 heteroatoms. The monoisotopic (exact) mass is 986 g/mol. The van der Waals surface area contributed by atoms with Gasteiger partial charge in [-0.05, 0) is 73.9 Å². The van der Waals surface area contributed by atoms with Crippen LogP contribution >= 0.6 is 46.4 Å². The van der Waals surface area contributed by atoms with Crippen LogP contribution in [0.3, 0.4) is 0 Å². The second-order valence-corrected chi connectivity index (χ2v) is 18.4. The first-order valence-electron chi connectivity index (χ1n) is 21.3. The Morgan fingerprint density at radius 3 is 1.32 bits per heavy atom. The highest BCUT2D eigenvalue weighted by molar-refractivity contribution is 6.42. The molecule has 0 bridgehead atoms. The summed E-state index contributed by atoms with van der Waals surface area (Å²) in [5.41, 5.74) is 0.704. The number of benzene rings is 2. The maximum absolute atomic E-state index is 13.3. The molecule has 0 aliphatic heterocycles. The summed E-state index contributed by atoms with van der Waals surface area (Å²) in [6.07, 6.45) is 6.34. The van der Waals surface area contributed by atoms with Gasteiger partial charge in [0.1, 0.15) is 0 Å². The molecule has 352 valence electrons. The number of hydrogen-bond acceptors (Lipinski definition) is 12. The Kier molecular flexibility index (Phi) is 14.7. The number of anilines is 2. The first kappa shape index (κ1) is 48.4. The smallest absolute Gasteiger partial charge is 0.332 e. The summed E-state index contributed by atoms with van der Waals surface area (Å²) >= 11 is 24.1. The predicted molar refractivity (Wildman–Crippen MR) is 254 cm³/mol. The van der Waals surface area contributed by atoms with Crippen LogP contribution < -0.4 is 33.1 Å². The minimum Gasteiger partial charge on any atom is -0.469 e. The average Bonchev–Trinajstić information content (AvgIpc) is 3.82. The molecule has 18 nitrogen and oxygen atoms in total. The lowest BCUT2D eigenvalue weighted by atomic mass is 9.86. The molecular formula is C44H50Cl4N10O8. The van der Waals surface area contributed by atoms with Gasteiger partial charge in [0.25, 0.3) is 11.1 Å². The zero-order chi connectivity index (χ0) is 47.7. The summed E-state index contributed by atoms with van der Waals surface area (Å²) in [4.78, 5) is 85.5. The molecule has 4 heterocycles. The summed E-state index contributed by atoms with van der Waals surface area (Å²) < 4.78 is 18.1. The van der Waals surface area contributed by atoms with E-state index in [0.29, 0.717) is 78.3 Å². The molecule has 2 fully saturated rings. The van der Waals surface area contributed by atoms with Gasteiger partial charge in [0.05, 0.1) is 59.2 Å². The zero-order valence-electron chi connectivity index (χ0n) is 37.2. The van der Waals surface area contributed by atoms with E-state index in [0.717, 1.165) is 47.7 Å². The van der Waals surface area contributed by atoms with Crippen molar-refractivity contribution < 1.29 is 19.1 Å². The Bertz CT molecular complexity index is 2890. The van der Waals surface area contributed by atoms with E-state index in [4.69, 9.17) is 55.9 Å². The number of fused-ring (bicyclic) bond motifs is 2. The quantitative estimate of drug-likeness (QED) is 0.155. The van der Waals surface area contributed by atoms with E-state index in [9.17, 15) is 28.8 Å². The molecule has 0 spiro atoms. The largest absolute Gasteiger partial charge is 0.469 e. The van der Waals surface area contributed by atoms with Gasteiger partial charge in [0, 0.05) is 40.3 Å². The second-order valence-electron chi connectivity index (χ2n) is 16.8. The van der Waals surface area contributed by atoms with Gasteiger partial charge in [-0.25, -0.2) is 9.59 Å². The van der Waals surface area contributed by atoms with Crippen LogP contribution in [0.1, 0.15) is 62.5 Å². The molecule has 66 heavy (non-hydrogen) atoms. The van der Waals surface area contributed by atoms with Crippen LogP contribution in [0.25, 0.3) is 22.3 Å². The van der Waals surface area contributed by atoms with Gasteiger partial charge in [-0.3, -0.25) is 37.4 Å². The number of carbonyl (C=O) groups is 2. The normalized spacial score (nSPS) is 18.5. The Morgan fingerprint density at radius 1 is 0.591 bits per heavy atom. The van der Waals surface area contributed by atoms with E-state index in [2.05, 4.69) is 20.6 Å². The molecule has 4 aromatic heterocycles. The number of ether oxygens (including phenoxy) is 2. The standard InChI is InChI=1S/2C22H25Cl2N5O4/c2*1-27-17-18(26-21(27)25-14-6-4-5-13(10-14)20(31)33-3)28(2)22(32)29(19(17)30)11-12-7-8-15(23)16(24)9-12/h2*7-9,13-14H,4-6,10-11H2,1-3H3,(H,25,26)/t2*13-,14+/m10/s1. The molecule has 2 aliphatic rings. The SMILES string of the molecule is COC(=O)[C@@H]1CCC[C@H](Nc2nc3c(c(=O)n(Cc4ccc(Cl)c(Cl)c4)c(=O)n3C)n2C)C1.COC(=O)[C@H]1CCC[C@@H](Nc2nc3c(c(=O)n(Cc4ccc(Cl)c(Cl)c4)c(=O)n3C)n2C)C1. The Morgan fingerprint density at radius 2 is 0.970 bits per heavy atom. The van der Waals surface area contributed by atoms with Crippen molar-refractivity contribution in [3.8, 4) is 0 Å². The van der Waals surface area contributed by atoms with Crippen molar-refractivity contribution in [2.45, 2.75) is 76.5 Å². The van der Waals surface area contributed by atoms with Gasteiger partial charge in [0.15, 0.2) is 22.3 Å². The number of methoxy groups -OCH3 is 2. The van der Waals surface area contributed by atoms with Crippen LogP contribution in [0.2, 0.25) is 20.1 Å². The third kappa shape index (κ3) is 9.78. The van der Waals surface area contributed by atoms with Gasteiger partial charge < -0.3 is 29.2 Å². The topological polar surface area (TPSA) is 200 Å². The van der Waals surface area contributed by atoms with Gasteiger partial charge >= 0.3 is 23.3 Å². The molecule has 0 saturated heterocycles. The van der Waals surface area contributed by atoms with Crippen molar-refractivity contribution in [2.75, 3.05) is 24.9 Å². The molecule has 4 atom stereocenters. The Labute approximate surface area is 397 Å². The molecule has 0 radical (unpaired) electrons. The van der Waals surface area contributed by atoms with Crippen LogP contribution in [0.4, 0.5) is 11.9 Å². The number of aryl methyl sites for hydroxylation is 4. The average molecular weight is 989 g/mol. The fourth-order valence-corrected chi connectivity index (χ4v) is 9.47. The highest BCUT2D eigenvalue weighted by Crippen LogP contribution is 2.30. The third-order valence-corrected chi connectivity index (χ3v) is 13.9. The molecule has 2 N–H and O–H groups in total. The summed E-state index contributed by atoms with van der Waals surface area (Å²) in [5, 5.41) is 8.21. The molecule has 0 unspecified atom stereocenters. The van der Waals surface area contributed by atoms with Gasteiger partial charge in [-0.2, -0.15) is 9.97 Å². The molecule has 2 aliphatic carbocycles. The minimum absolute atomic E-state index is 0.00817. The molecule has 6 aromatic rings. The number of esters is 2. The number of carbonyl (C=O) groups excluding carboxylic acids is 2. The first-order valence-corrected chi connectivity index (χ1v) is 22.8. The van der Waals surface area contributed by atoms with Crippen molar-refractivity contribution in [1.29, 1.82) is 0 Å². The molecule has 2 aromatic carbocycles. The van der Waals surface area contributed by atoms with Crippen LogP contribution in [0.5, 0.6) is 0 Å². The van der Waals surface area contributed by atoms with Crippen molar-refractivity contribution >= 4 is 92.6 Å². The lowest BCUT2D eigenvalue weighted by Crippen LogP contribution is -2.39. The van der Waals surface area contributed by atoms with Crippen molar-refractivity contribution in [3.63, 3.8) is 0 Å². The molecular weight excluding hydrogens is 938 g/mol. The number of aromatic nitrogens is 8. The van der Waals surface area contributed by atoms with Gasteiger partial charge in [-0.1, -0.05) is 71.4 Å². The molecule has 0 amide bonds. The van der Waals surface area contributed by atoms with Crippen LogP contribution in [-0.2, 0) is 60.3 Å². The Hall–Kier alpha value is -5.56. The van der Waals surface area contributed by atoms with E-state index in [1.165, 1.54) is 23.4 Å². The van der Waals surface area contributed by atoms with E-state index in [1.807, 2.05) is 0 Å². The highest BCUT2D eigenvalue weighted by Gasteiger charge is 2.31. The number of imidazole rings is 2. The first-order chi connectivity index (χ1) is 31.4. The zero-order valence-corrected chi connectivity index (χ0v) is 40.2. The second kappa shape index (κ2) is 20.1. The van der Waals surface area contributed by atoms with Crippen molar-refractivity contribution in [1.82, 2.24) is 37.4 Å². The maximum atomic E-state index is 13.3. The van der Waals surface area contributed by atoms with E-state index in [1.54, 1.807) is 73.7 Å². The predicted octanol–water partition coefficient (Wildman–Crippen LogP) is 5.87. The summed E-state index contributed by atoms with van der Waals surface area (Å²) in [6.45, 7) is 0.103. The fraction of sp³-hybridized carbons (Fsp3) is 0.455. The van der Waals surface area contributed by atoms with Crippen LogP contribution in [-0.4, -0.2) is 75.6 Å². The Balaban J connectivity index is 0.000000196. The third-order valence-electron chi connectivity index (χ3n) is 12.5. The lowest BCUT2D eigenvalue weighted by molar-refractivity contribution is -0.147. The molecule has 2 saturated carbocycles. The van der Waals surface area contributed by atoms with Crippen LogP contribution in [0, 0.1) is 11.8 Å². The van der Waals surface area contributed by atoms with E-state index in [-0.39, 0.29) is 48.9 Å². The van der Waals surface area contributed by atoms with Crippen molar-refractivity contribution in [2.24, 2.45) is 40.0 Å². The molecule has 8 rings (SSSR count). The highest BCUT2D eigenvalue weighted by atomic mass is 35.5. The maximum Gasteiger partial charge on any atom is 0.332 e. The summed E-state index contributed by atoms with van der Waals surface area (Å²) in [5.74, 6) is 0.199. The van der Waals surface area contributed by atoms with Gasteiger partial charge in [0.2, 0.25) is 11.9 Å². The van der Waals surface area contributed by atoms with Gasteiger partial charge in [-0.15, -0.1) is 0 Å². The minimum atomic E-state index is -0.480. The fourth-order valence-electron chi connectivity index (χ4n) is 8.83. The summed E-state index contributed by atoms with van der Waals surface area (Å²) in [6, 6.07) is 10.00. The number of nitrogens with zero attached hydrogens (tertiary/aromatic N) is 8. The van der Waals surface area contributed by atoms with E-state index >= 15 is 0 Å². The number of halogens is 4. The van der Waals surface area contributed by atoms with Crippen molar-refractivity contribution in [3.05, 3.63) is 109 Å². The van der Waals surface area contributed by atoms with Crippen LogP contribution in [0.15, 0.2) is 55.6 Å². The number of rotatable bonds is 10. The number of hydrogen-bond donors (Lipinski definition) is 2. The lowest BCUT2D eigenvalue weighted by Gasteiger charge is -2.28. The van der Waals surface area contributed by atoms with E-state index < -0.39 is 22.5 Å². The number of nitrogens with one attached hydrogen (secondary N) is 2. The summed E-state index contributed by atoms with van der Waals surface area (Å²) in [7, 11) is 9.42.